The van der Waals surface area contributed by atoms with Gasteiger partial charge in [-0.2, -0.15) is 0 Å². The van der Waals surface area contributed by atoms with Crippen molar-refractivity contribution in [3.63, 3.8) is 0 Å². The molecule has 2 aromatic rings. The molecular weight excluding hydrogens is 355 g/mol. The minimum absolute atomic E-state index is 0.127. The van der Waals surface area contributed by atoms with E-state index in [9.17, 15) is 17.6 Å². The van der Waals surface area contributed by atoms with Crippen LogP contribution in [0.2, 0.25) is 0 Å². The summed E-state index contributed by atoms with van der Waals surface area (Å²) in [4.78, 5) is 12.4. The lowest BCUT2D eigenvalue weighted by atomic mass is 10.1. The molecule has 7 heteroatoms. The van der Waals surface area contributed by atoms with E-state index < -0.39 is 10.0 Å². The van der Waals surface area contributed by atoms with E-state index in [1.165, 1.54) is 16.4 Å². The second-order valence-corrected chi connectivity index (χ2v) is 8.42. The molecule has 1 saturated heterocycles. The highest BCUT2D eigenvalue weighted by Gasteiger charge is 2.27. The summed E-state index contributed by atoms with van der Waals surface area (Å²) < 4.78 is 39.3. The van der Waals surface area contributed by atoms with Crippen LogP contribution in [0.15, 0.2) is 42.5 Å². The number of sulfonamides is 1. The third kappa shape index (κ3) is 4.04. The van der Waals surface area contributed by atoms with Gasteiger partial charge in [0.05, 0.1) is 11.4 Å². The molecule has 1 amide bonds. The zero-order valence-electron chi connectivity index (χ0n) is 14.5. The highest BCUT2D eigenvalue weighted by atomic mass is 32.2. The lowest BCUT2D eigenvalue weighted by Crippen LogP contribution is -2.38. The van der Waals surface area contributed by atoms with E-state index in [1.54, 1.807) is 30.3 Å². The van der Waals surface area contributed by atoms with Gasteiger partial charge in [0.25, 0.3) is 5.91 Å². The number of hydrogen-bond donors (Lipinski definition) is 1. The summed E-state index contributed by atoms with van der Waals surface area (Å²) in [5, 5.41) is 2.74. The van der Waals surface area contributed by atoms with Gasteiger partial charge < -0.3 is 5.32 Å². The van der Waals surface area contributed by atoms with E-state index in [0.29, 0.717) is 29.8 Å². The zero-order chi connectivity index (χ0) is 18.7. The maximum absolute atomic E-state index is 13.2. The number of aryl methyl sites for hydroxylation is 1. The molecule has 0 atom stereocenters. The number of amides is 1. The van der Waals surface area contributed by atoms with Gasteiger partial charge in [0.15, 0.2) is 0 Å². The Hall–Kier alpha value is -2.41. The molecule has 0 bridgehead atoms. The number of halogens is 1. The fourth-order valence-corrected chi connectivity index (χ4v) is 4.70. The molecule has 0 unspecified atom stereocenters. The van der Waals surface area contributed by atoms with Crippen molar-refractivity contribution in [3.05, 3.63) is 65.0 Å². The number of carbonyl (C=O) groups excluding carboxylic acids is 1. The van der Waals surface area contributed by atoms with Gasteiger partial charge >= 0.3 is 0 Å². The molecule has 2 aromatic carbocycles. The van der Waals surface area contributed by atoms with E-state index >= 15 is 0 Å². The molecule has 3 rings (SSSR count). The van der Waals surface area contributed by atoms with Gasteiger partial charge in [0.2, 0.25) is 10.0 Å². The summed E-state index contributed by atoms with van der Waals surface area (Å²) in [7, 11) is -3.34. The first-order chi connectivity index (χ1) is 12.4. The molecule has 1 aliphatic heterocycles. The van der Waals surface area contributed by atoms with Crippen molar-refractivity contribution >= 4 is 21.6 Å². The van der Waals surface area contributed by atoms with Gasteiger partial charge in [0, 0.05) is 18.7 Å². The predicted octanol–water partition coefficient (Wildman–Crippen LogP) is 2.99. The second kappa shape index (κ2) is 7.45. The number of anilines is 1. The first kappa shape index (κ1) is 18.4. The van der Waals surface area contributed by atoms with Gasteiger partial charge in [-0.1, -0.05) is 18.2 Å². The largest absolute Gasteiger partial charge is 0.348 e. The van der Waals surface area contributed by atoms with Crippen LogP contribution in [0.3, 0.4) is 0 Å². The molecule has 1 aliphatic rings. The van der Waals surface area contributed by atoms with Gasteiger partial charge in [-0.3, -0.25) is 9.10 Å². The Balaban J connectivity index is 1.79. The summed E-state index contributed by atoms with van der Waals surface area (Å²) in [6, 6.07) is 11.0. The van der Waals surface area contributed by atoms with Crippen molar-refractivity contribution in [1.82, 2.24) is 5.32 Å². The van der Waals surface area contributed by atoms with Gasteiger partial charge in [-0.05, 0) is 55.2 Å². The Kier molecular flexibility index (Phi) is 5.27. The number of nitrogens with one attached hydrogen (secondary N) is 1. The third-order valence-electron chi connectivity index (χ3n) is 4.43. The molecule has 0 spiro atoms. The second-order valence-electron chi connectivity index (χ2n) is 6.41. The average molecular weight is 376 g/mol. The minimum atomic E-state index is -3.34. The van der Waals surface area contributed by atoms with Crippen LogP contribution in [-0.2, 0) is 16.6 Å². The number of nitrogens with zero attached hydrogens (tertiary/aromatic N) is 1. The van der Waals surface area contributed by atoms with Gasteiger partial charge in [-0.25, -0.2) is 12.8 Å². The van der Waals surface area contributed by atoms with Crippen LogP contribution in [0.25, 0.3) is 0 Å². The van der Waals surface area contributed by atoms with E-state index in [-0.39, 0.29) is 24.0 Å². The number of carbonyl (C=O) groups is 1. The Labute approximate surface area is 152 Å². The summed E-state index contributed by atoms with van der Waals surface area (Å²) in [5.74, 6) is -0.558. The Morgan fingerprint density at radius 1 is 1.19 bits per heavy atom. The number of hydrogen-bond acceptors (Lipinski definition) is 3. The standard InChI is InChI=1S/C19H21FN2O3S/c1-14-7-8-16(12-18(14)22-9-2-3-10-26(22,24)25)19(23)21-13-15-5-4-6-17(20)11-15/h4-8,11-12H,2-3,9-10,13H2,1H3,(H,21,23). The van der Waals surface area contributed by atoms with Crippen molar-refractivity contribution in [2.24, 2.45) is 0 Å². The molecule has 0 radical (unpaired) electrons. The highest BCUT2D eigenvalue weighted by molar-refractivity contribution is 7.92. The van der Waals surface area contributed by atoms with E-state index in [1.807, 2.05) is 6.92 Å². The third-order valence-corrected chi connectivity index (χ3v) is 6.29. The van der Waals surface area contributed by atoms with Crippen LogP contribution >= 0.6 is 0 Å². The van der Waals surface area contributed by atoms with Crippen molar-refractivity contribution in [1.29, 1.82) is 0 Å². The van der Waals surface area contributed by atoms with Gasteiger partial charge in [0.1, 0.15) is 5.82 Å². The van der Waals surface area contributed by atoms with Crippen molar-refractivity contribution in [2.75, 3.05) is 16.6 Å². The molecule has 0 aromatic heterocycles. The highest BCUT2D eigenvalue weighted by Crippen LogP contribution is 2.28. The summed E-state index contributed by atoms with van der Waals surface area (Å²) in [6.45, 7) is 2.45. The van der Waals surface area contributed by atoms with Crippen LogP contribution in [-0.4, -0.2) is 26.6 Å². The lowest BCUT2D eigenvalue weighted by molar-refractivity contribution is 0.0951. The molecular formula is C19H21FN2O3S. The molecule has 5 nitrogen and oxygen atoms in total. The predicted molar refractivity (Wildman–Crippen MR) is 99.1 cm³/mol. The SMILES string of the molecule is Cc1ccc(C(=O)NCc2cccc(F)c2)cc1N1CCCCS1(=O)=O. The molecule has 1 fully saturated rings. The molecule has 0 aliphatic carbocycles. The quantitative estimate of drug-likeness (QED) is 0.892. The maximum Gasteiger partial charge on any atom is 0.251 e. The molecule has 1 heterocycles. The van der Waals surface area contributed by atoms with Crippen LogP contribution in [0.4, 0.5) is 10.1 Å². The van der Waals surface area contributed by atoms with E-state index in [0.717, 1.165) is 12.0 Å². The summed E-state index contributed by atoms with van der Waals surface area (Å²) in [6.07, 6.45) is 1.46. The maximum atomic E-state index is 13.2. The fourth-order valence-electron chi connectivity index (χ4n) is 3.01. The van der Waals surface area contributed by atoms with Crippen molar-refractivity contribution in [2.45, 2.75) is 26.3 Å². The Morgan fingerprint density at radius 3 is 2.73 bits per heavy atom. The molecule has 138 valence electrons. The minimum Gasteiger partial charge on any atom is -0.348 e. The molecule has 1 N–H and O–H groups in total. The smallest absolute Gasteiger partial charge is 0.251 e. The van der Waals surface area contributed by atoms with E-state index in [4.69, 9.17) is 0 Å². The summed E-state index contributed by atoms with van der Waals surface area (Å²) in [5.41, 5.74) is 2.38. The van der Waals surface area contributed by atoms with Crippen molar-refractivity contribution in [3.8, 4) is 0 Å². The summed E-state index contributed by atoms with van der Waals surface area (Å²) >= 11 is 0. The number of benzene rings is 2. The first-order valence-corrected chi connectivity index (χ1v) is 10.1. The lowest BCUT2D eigenvalue weighted by Gasteiger charge is -2.29. The van der Waals surface area contributed by atoms with Crippen LogP contribution in [0.1, 0.15) is 34.3 Å². The monoisotopic (exact) mass is 376 g/mol. The van der Waals surface area contributed by atoms with Crippen LogP contribution < -0.4 is 9.62 Å². The molecule has 26 heavy (non-hydrogen) atoms. The Morgan fingerprint density at radius 2 is 2.00 bits per heavy atom. The number of rotatable bonds is 4. The zero-order valence-corrected chi connectivity index (χ0v) is 15.4. The van der Waals surface area contributed by atoms with Crippen LogP contribution in [0, 0.1) is 12.7 Å². The fraction of sp³-hybridized carbons (Fsp3) is 0.316. The van der Waals surface area contributed by atoms with Crippen LogP contribution in [0.5, 0.6) is 0 Å². The van der Waals surface area contributed by atoms with Gasteiger partial charge in [-0.15, -0.1) is 0 Å². The topological polar surface area (TPSA) is 66.5 Å². The van der Waals surface area contributed by atoms with Crippen molar-refractivity contribution < 1.29 is 17.6 Å². The normalized spacial score (nSPS) is 16.3. The Bertz CT molecular complexity index is 928. The molecule has 0 saturated carbocycles. The first-order valence-electron chi connectivity index (χ1n) is 8.50. The van der Waals surface area contributed by atoms with E-state index in [2.05, 4.69) is 5.32 Å². The average Bonchev–Trinajstić information content (AvgIpc) is 2.60.